The maximum atomic E-state index is 12.7. The number of anilines is 1. The third-order valence-electron chi connectivity index (χ3n) is 4.10. The Bertz CT molecular complexity index is 769. The Morgan fingerprint density at radius 1 is 1.26 bits per heavy atom. The Morgan fingerprint density at radius 3 is 2.59 bits per heavy atom. The van der Waals surface area contributed by atoms with Crippen LogP contribution in [-0.4, -0.2) is 33.9 Å². The smallest absolute Gasteiger partial charge is 0.249 e. The standard InChI is InChI=1S/C18H22BrClN4O2S/c1-3-11(2)15(21-14(25)5-4-10-20)16(26)22-18-24-23-17(27-18)12-6-8-13(19)9-7-12/h6-9,11,15H,3-5,10H2,1-2H3,(H,21,25)(H,22,24,26). The SMILES string of the molecule is CCC(C)C(NC(=O)CCCCl)C(=O)Nc1nnc(-c2ccc(Br)cc2)s1. The fourth-order valence-electron chi connectivity index (χ4n) is 2.34. The molecule has 1 aromatic carbocycles. The molecule has 146 valence electrons. The maximum absolute atomic E-state index is 12.7. The van der Waals surface area contributed by atoms with E-state index in [1.807, 2.05) is 38.1 Å². The third-order valence-corrected chi connectivity index (χ3v) is 5.78. The zero-order valence-corrected chi connectivity index (χ0v) is 18.3. The average Bonchev–Trinajstić information content (AvgIpc) is 3.12. The maximum Gasteiger partial charge on any atom is 0.249 e. The number of halogens is 2. The second-order valence-electron chi connectivity index (χ2n) is 6.13. The second kappa shape index (κ2) is 10.7. The van der Waals surface area contributed by atoms with Crippen molar-refractivity contribution < 1.29 is 9.59 Å². The monoisotopic (exact) mass is 472 g/mol. The topological polar surface area (TPSA) is 84.0 Å². The van der Waals surface area contributed by atoms with Crippen LogP contribution in [0.5, 0.6) is 0 Å². The van der Waals surface area contributed by atoms with Gasteiger partial charge in [-0.05, 0) is 24.5 Å². The van der Waals surface area contributed by atoms with Crippen molar-refractivity contribution in [3.05, 3.63) is 28.7 Å². The van der Waals surface area contributed by atoms with Crippen molar-refractivity contribution in [3.8, 4) is 10.6 Å². The lowest BCUT2D eigenvalue weighted by molar-refractivity contribution is -0.127. The first-order valence-electron chi connectivity index (χ1n) is 8.70. The molecule has 0 aliphatic rings. The van der Waals surface area contributed by atoms with Gasteiger partial charge in [0, 0.05) is 22.3 Å². The van der Waals surface area contributed by atoms with Crippen LogP contribution in [-0.2, 0) is 9.59 Å². The minimum Gasteiger partial charge on any atom is -0.344 e. The third kappa shape index (κ3) is 6.55. The molecule has 1 aromatic heterocycles. The molecule has 2 atom stereocenters. The van der Waals surface area contributed by atoms with Crippen molar-refractivity contribution in [3.63, 3.8) is 0 Å². The minimum atomic E-state index is -0.627. The molecule has 1 heterocycles. The van der Waals surface area contributed by atoms with E-state index in [9.17, 15) is 9.59 Å². The van der Waals surface area contributed by atoms with Crippen LogP contribution in [0.4, 0.5) is 5.13 Å². The number of carbonyl (C=O) groups is 2. The van der Waals surface area contributed by atoms with Gasteiger partial charge in [0.15, 0.2) is 0 Å². The first-order chi connectivity index (χ1) is 12.9. The number of benzene rings is 1. The molecule has 2 aromatic rings. The highest BCUT2D eigenvalue weighted by atomic mass is 79.9. The predicted octanol–water partition coefficient (Wildman–Crippen LogP) is 4.46. The summed E-state index contributed by atoms with van der Waals surface area (Å²) in [6.07, 6.45) is 1.64. The van der Waals surface area contributed by atoms with Gasteiger partial charge in [0.25, 0.3) is 0 Å². The molecule has 2 rings (SSSR count). The molecule has 2 unspecified atom stereocenters. The lowest BCUT2D eigenvalue weighted by Crippen LogP contribution is -2.47. The molecule has 2 N–H and O–H groups in total. The van der Waals surface area contributed by atoms with E-state index < -0.39 is 6.04 Å². The number of rotatable bonds is 9. The second-order valence-corrected chi connectivity index (χ2v) is 8.40. The van der Waals surface area contributed by atoms with E-state index in [2.05, 4.69) is 36.8 Å². The number of alkyl halides is 1. The van der Waals surface area contributed by atoms with Crippen molar-refractivity contribution in [2.75, 3.05) is 11.2 Å². The molecule has 0 saturated heterocycles. The molecule has 27 heavy (non-hydrogen) atoms. The van der Waals surface area contributed by atoms with Gasteiger partial charge < -0.3 is 5.32 Å². The van der Waals surface area contributed by atoms with Crippen molar-refractivity contribution in [1.29, 1.82) is 0 Å². The van der Waals surface area contributed by atoms with Crippen molar-refractivity contribution in [2.45, 2.75) is 39.2 Å². The number of carbonyl (C=O) groups excluding carboxylic acids is 2. The van der Waals surface area contributed by atoms with Gasteiger partial charge in [-0.3, -0.25) is 14.9 Å². The Labute approximate surface area is 176 Å². The van der Waals surface area contributed by atoms with Crippen LogP contribution in [0.25, 0.3) is 10.6 Å². The first kappa shape index (κ1) is 21.8. The summed E-state index contributed by atoms with van der Waals surface area (Å²) in [6, 6.07) is 7.07. The molecule has 9 heteroatoms. The van der Waals surface area contributed by atoms with E-state index in [1.54, 1.807) is 0 Å². The van der Waals surface area contributed by atoms with Crippen molar-refractivity contribution in [2.24, 2.45) is 5.92 Å². The van der Waals surface area contributed by atoms with Crippen LogP contribution in [0.3, 0.4) is 0 Å². The van der Waals surface area contributed by atoms with Crippen LogP contribution in [0, 0.1) is 5.92 Å². The number of hydrogen-bond donors (Lipinski definition) is 2. The molecule has 0 aliphatic heterocycles. The summed E-state index contributed by atoms with van der Waals surface area (Å²) in [5, 5.41) is 14.9. The quantitative estimate of drug-likeness (QED) is 0.527. The van der Waals surface area contributed by atoms with Gasteiger partial charge in [-0.25, -0.2) is 0 Å². The molecule has 0 bridgehead atoms. The molecule has 0 aliphatic carbocycles. The van der Waals surface area contributed by atoms with Crippen LogP contribution in [0.1, 0.15) is 33.1 Å². The molecule has 6 nitrogen and oxygen atoms in total. The number of nitrogens with zero attached hydrogens (tertiary/aromatic N) is 2. The summed E-state index contributed by atoms with van der Waals surface area (Å²) in [5.74, 6) is -0.0631. The molecule has 0 fully saturated rings. The van der Waals surface area contributed by atoms with Gasteiger partial charge in [0.2, 0.25) is 16.9 Å². The van der Waals surface area contributed by atoms with Gasteiger partial charge in [-0.1, -0.05) is 59.7 Å². The molecule has 0 saturated carbocycles. The number of aromatic nitrogens is 2. The highest BCUT2D eigenvalue weighted by Gasteiger charge is 2.26. The molecule has 0 spiro atoms. The zero-order valence-electron chi connectivity index (χ0n) is 15.2. The van der Waals surface area contributed by atoms with E-state index in [0.717, 1.165) is 16.5 Å². The fourth-order valence-corrected chi connectivity index (χ4v) is 3.49. The highest BCUT2D eigenvalue weighted by molar-refractivity contribution is 9.10. The lowest BCUT2D eigenvalue weighted by Gasteiger charge is -2.22. The van der Waals surface area contributed by atoms with E-state index >= 15 is 0 Å². The van der Waals surface area contributed by atoms with Gasteiger partial charge in [-0.2, -0.15) is 0 Å². The predicted molar refractivity (Wildman–Crippen MR) is 113 cm³/mol. The van der Waals surface area contributed by atoms with Crippen LogP contribution >= 0.6 is 38.9 Å². The van der Waals surface area contributed by atoms with Gasteiger partial charge >= 0.3 is 0 Å². The Kier molecular flexibility index (Phi) is 8.66. The molecule has 2 amide bonds. The highest BCUT2D eigenvalue weighted by Crippen LogP contribution is 2.27. The van der Waals surface area contributed by atoms with Gasteiger partial charge in [0.1, 0.15) is 11.0 Å². The minimum absolute atomic E-state index is 0.0104. The number of amides is 2. The van der Waals surface area contributed by atoms with E-state index in [1.165, 1.54) is 11.3 Å². The summed E-state index contributed by atoms with van der Waals surface area (Å²) >= 11 is 10.3. The number of nitrogens with one attached hydrogen (secondary N) is 2. The Hall–Kier alpha value is -1.51. The van der Waals surface area contributed by atoms with E-state index in [4.69, 9.17) is 11.6 Å². The summed E-state index contributed by atoms with van der Waals surface area (Å²) in [6.45, 7) is 3.91. The van der Waals surface area contributed by atoms with E-state index in [0.29, 0.717) is 28.9 Å². The normalized spacial score (nSPS) is 13.0. The molecular formula is C18H22BrClN4O2S. The zero-order chi connectivity index (χ0) is 19.8. The first-order valence-corrected chi connectivity index (χ1v) is 10.8. The summed E-state index contributed by atoms with van der Waals surface area (Å²) in [4.78, 5) is 24.7. The average molecular weight is 474 g/mol. The van der Waals surface area contributed by atoms with Crippen LogP contribution < -0.4 is 10.6 Å². The van der Waals surface area contributed by atoms with Crippen molar-refractivity contribution >= 4 is 55.8 Å². The van der Waals surface area contributed by atoms with E-state index in [-0.39, 0.29) is 17.7 Å². The van der Waals surface area contributed by atoms with Crippen molar-refractivity contribution in [1.82, 2.24) is 15.5 Å². The molecule has 0 radical (unpaired) electrons. The molecular weight excluding hydrogens is 452 g/mol. The lowest BCUT2D eigenvalue weighted by atomic mass is 9.98. The summed E-state index contributed by atoms with van der Waals surface area (Å²) < 4.78 is 0.977. The van der Waals surface area contributed by atoms with Crippen LogP contribution in [0.15, 0.2) is 28.7 Å². The summed E-state index contributed by atoms with van der Waals surface area (Å²) in [5.41, 5.74) is 0.920. The largest absolute Gasteiger partial charge is 0.344 e. The van der Waals surface area contributed by atoms with Gasteiger partial charge in [-0.15, -0.1) is 21.8 Å². The number of hydrogen-bond acceptors (Lipinski definition) is 5. The fraction of sp³-hybridized carbons (Fsp3) is 0.444. The summed E-state index contributed by atoms with van der Waals surface area (Å²) in [7, 11) is 0. The Morgan fingerprint density at radius 2 is 1.96 bits per heavy atom. The van der Waals surface area contributed by atoms with Crippen LogP contribution in [0.2, 0.25) is 0 Å². The Balaban J connectivity index is 2.05. The van der Waals surface area contributed by atoms with Gasteiger partial charge in [0.05, 0.1) is 0 Å².